The summed E-state index contributed by atoms with van der Waals surface area (Å²) in [6.07, 6.45) is 0. The minimum atomic E-state index is 0.544. The molecule has 1 rings (SSSR count). The molecule has 0 atom stereocenters. The summed E-state index contributed by atoms with van der Waals surface area (Å²) in [5.41, 5.74) is 1.18. The average Bonchev–Trinajstić information content (AvgIpc) is 2.44. The van der Waals surface area contributed by atoms with E-state index in [0.29, 0.717) is 12.5 Å². The van der Waals surface area contributed by atoms with Crippen molar-refractivity contribution in [2.24, 2.45) is 10.9 Å². The van der Waals surface area contributed by atoms with E-state index >= 15 is 0 Å². The molecular weight excluding hydrogens is 250 g/mol. The van der Waals surface area contributed by atoms with Gasteiger partial charge in [-0.3, -0.25) is 0 Å². The van der Waals surface area contributed by atoms with Crippen LogP contribution in [0.3, 0.4) is 0 Å². The van der Waals surface area contributed by atoms with Gasteiger partial charge in [-0.2, -0.15) is 0 Å². The van der Waals surface area contributed by atoms with Gasteiger partial charge < -0.3 is 15.4 Å². The minimum Gasteiger partial charge on any atom is -0.493 e. The molecule has 20 heavy (non-hydrogen) atoms. The third kappa shape index (κ3) is 6.45. The Morgan fingerprint density at radius 2 is 1.70 bits per heavy atom. The van der Waals surface area contributed by atoms with Crippen LogP contribution in [0.4, 0.5) is 0 Å². The fourth-order valence-electron chi connectivity index (χ4n) is 1.63. The number of rotatable bonds is 7. The van der Waals surface area contributed by atoms with Crippen molar-refractivity contribution in [2.45, 2.75) is 34.2 Å². The lowest BCUT2D eigenvalue weighted by Gasteiger charge is -2.10. The molecule has 0 amide bonds. The SMILES string of the molecule is CCNC(=NCc1ccc(OCC(C)C)cc1)NCC. The van der Waals surface area contributed by atoms with Crippen molar-refractivity contribution in [1.29, 1.82) is 0 Å². The lowest BCUT2D eigenvalue weighted by atomic mass is 10.2. The van der Waals surface area contributed by atoms with Gasteiger partial charge in [0.1, 0.15) is 5.75 Å². The zero-order chi connectivity index (χ0) is 14.8. The molecule has 0 heterocycles. The molecule has 0 aromatic heterocycles. The van der Waals surface area contributed by atoms with Crippen LogP contribution >= 0.6 is 0 Å². The molecule has 4 nitrogen and oxygen atoms in total. The molecule has 0 aliphatic heterocycles. The highest BCUT2D eigenvalue weighted by atomic mass is 16.5. The summed E-state index contributed by atoms with van der Waals surface area (Å²) in [5.74, 6) is 2.32. The highest BCUT2D eigenvalue weighted by Gasteiger charge is 1.99. The number of aliphatic imine (C=N–C) groups is 1. The quantitative estimate of drug-likeness (QED) is 0.595. The molecule has 2 N–H and O–H groups in total. The number of ether oxygens (including phenoxy) is 1. The van der Waals surface area contributed by atoms with Crippen molar-refractivity contribution in [2.75, 3.05) is 19.7 Å². The van der Waals surface area contributed by atoms with Gasteiger partial charge in [0.25, 0.3) is 0 Å². The number of guanidine groups is 1. The number of benzene rings is 1. The maximum Gasteiger partial charge on any atom is 0.191 e. The van der Waals surface area contributed by atoms with Crippen LogP contribution < -0.4 is 15.4 Å². The zero-order valence-corrected chi connectivity index (χ0v) is 13.1. The van der Waals surface area contributed by atoms with Gasteiger partial charge in [0.15, 0.2) is 5.96 Å². The summed E-state index contributed by atoms with van der Waals surface area (Å²) in [6.45, 7) is 11.6. The molecule has 1 aromatic rings. The fourth-order valence-corrected chi connectivity index (χ4v) is 1.63. The van der Waals surface area contributed by atoms with Crippen LogP contribution in [0.5, 0.6) is 5.75 Å². The Kier molecular flexibility index (Phi) is 7.55. The normalized spacial score (nSPS) is 10.2. The summed E-state index contributed by atoms with van der Waals surface area (Å²) < 4.78 is 5.66. The molecular formula is C16H27N3O. The van der Waals surface area contributed by atoms with Crippen molar-refractivity contribution in [3.05, 3.63) is 29.8 Å². The highest BCUT2D eigenvalue weighted by Crippen LogP contribution is 2.13. The van der Waals surface area contributed by atoms with E-state index in [4.69, 9.17) is 4.74 Å². The third-order valence-corrected chi connectivity index (χ3v) is 2.61. The second-order valence-electron chi connectivity index (χ2n) is 5.07. The van der Waals surface area contributed by atoms with Gasteiger partial charge >= 0.3 is 0 Å². The lowest BCUT2D eigenvalue weighted by Crippen LogP contribution is -2.36. The van der Waals surface area contributed by atoms with Crippen molar-refractivity contribution in [3.8, 4) is 5.75 Å². The Hall–Kier alpha value is -1.71. The molecule has 0 unspecified atom stereocenters. The van der Waals surface area contributed by atoms with E-state index in [9.17, 15) is 0 Å². The maximum atomic E-state index is 5.66. The summed E-state index contributed by atoms with van der Waals surface area (Å²) in [7, 11) is 0. The van der Waals surface area contributed by atoms with Crippen molar-refractivity contribution < 1.29 is 4.74 Å². The monoisotopic (exact) mass is 277 g/mol. The third-order valence-electron chi connectivity index (χ3n) is 2.61. The Balaban J connectivity index is 2.53. The Labute approximate surface area is 122 Å². The molecule has 0 bridgehead atoms. The second-order valence-corrected chi connectivity index (χ2v) is 5.07. The van der Waals surface area contributed by atoms with Crippen LogP contribution in [0, 0.1) is 5.92 Å². The van der Waals surface area contributed by atoms with Gasteiger partial charge in [0, 0.05) is 13.1 Å². The smallest absolute Gasteiger partial charge is 0.191 e. The van der Waals surface area contributed by atoms with E-state index in [1.165, 1.54) is 5.56 Å². The highest BCUT2D eigenvalue weighted by molar-refractivity contribution is 5.79. The van der Waals surface area contributed by atoms with E-state index in [1.807, 2.05) is 12.1 Å². The van der Waals surface area contributed by atoms with Gasteiger partial charge in [-0.25, -0.2) is 4.99 Å². The van der Waals surface area contributed by atoms with E-state index in [-0.39, 0.29) is 0 Å². The first-order valence-electron chi connectivity index (χ1n) is 7.39. The van der Waals surface area contributed by atoms with Crippen LogP contribution in [-0.4, -0.2) is 25.7 Å². The molecule has 0 radical (unpaired) electrons. The van der Waals surface area contributed by atoms with Crippen LogP contribution in [0.2, 0.25) is 0 Å². The van der Waals surface area contributed by atoms with Crippen molar-refractivity contribution in [3.63, 3.8) is 0 Å². The molecule has 0 saturated heterocycles. The van der Waals surface area contributed by atoms with Gasteiger partial charge in [-0.15, -0.1) is 0 Å². The predicted octanol–water partition coefficient (Wildman–Crippen LogP) is 2.80. The van der Waals surface area contributed by atoms with Crippen molar-refractivity contribution >= 4 is 5.96 Å². The van der Waals surface area contributed by atoms with Gasteiger partial charge in [-0.05, 0) is 37.5 Å². The van der Waals surface area contributed by atoms with Crippen LogP contribution in [-0.2, 0) is 6.54 Å². The average molecular weight is 277 g/mol. The number of hydrogen-bond donors (Lipinski definition) is 2. The zero-order valence-electron chi connectivity index (χ0n) is 13.1. The molecule has 0 spiro atoms. The number of hydrogen-bond acceptors (Lipinski definition) is 2. The summed E-state index contributed by atoms with van der Waals surface area (Å²) in [4.78, 5) is 4.53. The predicted molar refractivity (Wildman–Crippen MR) is 85.3 cm³/mol. The lowest BCUT2D eigenvalue weighted by molar-refractivity contribution is 0.271. The maximum absolute atomic E-state index is 5.66. The molecule has 0 aliphatic rings. The first kappa shape index (κ1) is 16.3. The molecule has 0 saturated carbocycles. The fraction of sp³-hybridized carbons (Fsp3) is 0.562. The molecule has 4 heteroatoms. The van der Waals surface area contributed by atoms with Crippen LogP contribution in [0.15, 0.2) is 29.3 Å². The van der Waals surface area contributed by atoms with E-state index in [1.54, 1.807) is 0 Å². The summed E-state index contributed by atoms with van der Waals surface area (Å²) in [5, 5.41) is 6.42. The Morgan fingerprint density at radius 1 is 1.10 bits per heavy atom. The van der Waals surface area contributed by atoms with Crippen molar-refractivity contribution in [1.82, 2.24) is 10.6 Å². The second kappa shape index (κ2) is 9.23. The standard InChI is InChI=1S/C16H27N3O/c1-5-17-16(18-6-2)19-11-14-7-9-15(10-8-14)20-12-13(3)4/h7-10,13H,5-6,11-12H2,1-4H3,(H2,17,18,19). The van der Waals surface area contributed by atoms with Gasteiger partial charge in [0.05, 0.1) is 13.2 Å². The van der Waals surface area contributed by atoms with Crippen LogP contribution in [0.1, 0.15) is 33.3 Å². The molecule has 0 fully saturated rings. The topological polar surface area (TPSA) is 45.7 Å². The van der Waals surface area contributed by atoms with E-state index < -0.39 is 0 Å². The van der Waals surface area contributed by atoms with E-state index in [2.05, 4.69) is 55.5 Å². The van der Waals surface area contributed by atoms with Crippen LogP contribution in [0.25, 0.3) is 0 Å². The Bertz CT molecular complexity index is 391. The Morgan fingerprint density at radius 3 is 2.20 bits per heavy atom. The molecule has 0 aliphatic carbocycles. The number of nitrogens with zero attached hydrogens (tertiary/aromatic N) is 1. The largest absolute Gasteiger partial charge is 0.493 e. The summed E-state index contributed by atoms with van der Waals surface area (Å²) in [6, 6.07) is 8.14. The summed E-state index contributed by atoms with van der Waals surface area (Å²) >= 11 is 0. The first-order valence-corrected chi connectivity index (χ1v) is 7.39. The van der Waals surface area contributed by atoms with Gasteiger partial charge in [0.2, 0.25) is 0 Å². The minimum absolute atomic E-state index is 0.544. The van der Waals surface area contributed by atoms with Gasteiger partial charge in [-0.1, -0.05) is 26.0 Å². The molecule has 112 valence electrons. The molecule has 1 aromatic carbocycles. The number of nitrogens with one attached hydrogen (secondary N) is 2. The first-order chi connectivity index (χ1) is 9.65. The van der Waals surface area contributed by atoms with E-state index in [0.717, 1.165) is 31.4 Å².